The van der Waals surface area contributed by atoms with Crippen LogP contribution in [0.15, 0.2) is 53.5 Å². The van der Waals surface area contributed by atoms with Gasteiger partial charge in [-0.1, -0.05) is 30.3 Å². The molecule has 1 N–H and O–H groups in total. The number of fused-ring (bicyclic) bond motifs is 2. The molecule has 1 atom stereocenters. The van der Waals surface area contributed by atoms with Crippen LogP contribution in [0.5, 0.6) is 0 Å². The Balaban J connectivity index is 1.38. The number of piperazine rings is 1. The zero-order valence-corrected chi connectivity index (χ0v) is 17.9. The normalized spacial score (nSPS) is 18.4. The summed E-state index contributed by atoms with van der Waals surface area (Å²) in [6, 6.07) is 15.6. The molecule has 6 heteroatoms. The number of rotatable bonds is 3. The van der Waals surface area contributed by atoms with Gasteiger partial charge in [0.05, 0.1) is 10.7 Å². The summed E-state index contributed by atoms with van der Waals surface area (Å²) in [6.07, 6.45) is 2.83. The zero-order chi connectivity index (χ0) is 20.5. The number of hydrogen-bond donors (Lipinski definition) is 1. The number of para-hydroxylation sites is 1. The van der Waals surface area contributed by atoms with E-state index < -0.39 is 0 Å². The first-order valence-corrected chi connectivity index (χ1v) is 11.3. The molecule has 2 aliphatic rings. The minimum absolute atomic E-state index is 0.179. The van der Waals surface area contributed by atoms with Gasteiger partial charge < -0.3 is 10.2 Å². The van der Waals surface area contributed by atoms with Crippen LogP contribution in [-0.4, -0.2) is 41.4 Å². The van der Waals surface area contributed by atoms with Gasteiger partial charge in [0.1, 0.15) is 11.5 Å². The van der Waals surface area contributed by atoms with Crippen molar-refractivity contribution in [1.82, 2.24) is 15.2 Å². The third-order valence-electron chi connectivity index (χ3n) is 5.83. The zero-order valence-electron chi connectivity index (χ0n) is 17.1. The van der Waals surface area contributed by atoms with Crippen LogP contribution >= 0.6 is 11.3 Å². The fourth-order valence-corrected chi connectivity index (χ4v) is 5.25. The Morgan fingerprint density at radius 3 is 2.87 bits per heavy atom. The molecule has 1 aromatic heterocycles. The first-order chi connectivity index (χ1) is 14.7. The minimum Gasteiger partial charge on any atom is -0.352 e. The van der Waals surface area contributed by atoms with Crippen molar-refractivity contribution in [3.8, 4) is 0 Å². The van der Waals surface area contributed by atoms with Crippen LogP contribution < -0.4 is 5.32 Å². The summed E-state index contributed by atoms with van der Waals surface area (Å²) in [5.74, 6) is 0.828. The van der Waals surface area contributed by atoms with Crippen molar-refractivity contribution in [3.05, 3.63) is 81.1 Å². The summed E-state index contributed by atoms with van der Waals surface area (Å²) >= 11 is 1.78. The summed E-state index contributed by atoms with van der Waals surface area (Å²) in [6.45, 7) is 4.82. The number of nitrogens with zero attached hydrogens (tertiary/aromatic N) is 3. The largest absolute Gasteiger partial charge is 0.352 e. The molecule has 154 valence electrons. The topological polar surface area (TPSA) is 40.5 Å². The van der Waals surface area contributed by atoms with E-state index >= 15 is 0 Å². The second-order valence-electron chi connectivity index (χ2n) is 8.01. The smallest absolute Gasteiger partial charge is 0.156 e. The first-order valence-electron chi connectivity index (χ1n) is 10.5. The van der Waals surface area contributed by atoms with Crippen molar-refractivity contribution >= 4 is 22.9 Å². The van der Waals surface area contributed by atoms with Gasteiger partial charge in [-0.2, -0.15) is 0 Å². The van der Waals surface area contributed by atoms with E-state index in [-0.39, 0.29) is 5.82 Å². The SMILES string of the molecule is Cc1nc2c(s1)Cc1ccccc1N=C2N1CCN[C@@H](CCc2ccc(F)cc2)C1. The van der Waals surface area contributed by atoms with Crippen molar-refractivity contribution in [3.63, 3.8) is 0 Å². The Bertz CT molecular complexity index is 1070. The molecule has 1 saturated heterocycles. The fraction of sp³-hybridized carbons (Fsp3) is 0.333. The molecule has 3 aromatic rings. The van der Waals surface area contributed by atoms with Crippen LogP contribution in [0, 0.1) is 12.7 Å². The van der Waals surface area contributed by atoms with E-state index in [2.05, 4.69) is 41.4 Å². The van der Waals surface area contributed by atoms with Gasteiger partial charge in [0.15, 0.2) is 5.84 Å². The van der Waals surface area contributed by atoms with E-state index in [4.69, 9.17) is 9.98 Å². The van der Waals surface area contributed by atoms with Gasteiger partial charge in [0, 0.05) is 37.0 Å². The predicted octanol–water partition coefficient (Wildman–Crippen LogP) is 4.48. The second-order valence-corrected chi connectivity index (χ2v) is 9.30. The fourth-order valence-electron chi connectivity index (χ4n) is 4.30. The van der Waals surface area contributed by atoms with Crippen LogP contribution in [0.4, 0.5) is 10.1 Å². The quantitative estimate of drug-likeness (QED) is 0.679. The lowest BCUT2D eigenvalue weighted by Gasteiger charge is -2.35. The van der Waals surface area contributed by atoms with E-state index in [1.54, 1.807) is 23.5 Å². The standard InChI is InChI=1S/C24H25FN4S/c1-16-27-23-22(30-16)14-18-4-2-3-5-21(18)28-24(23)29-13-12-26-20(15-29)11-8-17-6-9-19(25)10-7-17/h2-7,9-10,20,26H,8,11-15H2,1H3/t20-/m0/s1. The van der Waals surface area contributed by atoms with Crippen LogP contribution in [-0.2, 0) is 12.8 Å². The molecule has 0 aliphatic carbocycles. The summed E-state index contributed by atoms with van der Waals surface area (Å²) < 4.78 is 13.2. The molecule has 1 fully saturated rings. The number of aromatic nitrogens is 1. The minimum atomic E-state index is -0.179. The van der Waals surface area contributed by atoms with Gasteiger partial charge in [0.25, 0.3) is 0 Å². The number of amidine groups is 1. The summed E-state index contributed by atoms with van der Waals surface area (Å²) in [7, 11) is 0. The van der Waals surface area contributed by atoms with Gasteiger partial charge in [0.2, 0.25) is 0 Å². The molecule has 3 heterocycles. The highest BCUT2D eigenvalue weighted by atomic mass is 32.1. The highest BCUT2D eigenvalue weighted by molar-refractivity contribution is 7.11. The van der Waals surface area contributed by atoms with Crippen LogP contribution in [0.1, 0.15) is 33.1 Å². The first kappa shape index (κ1) is 19.4. The molecular formula is C24H25FN4S. The monoisotopic (exact) mass is 420 g/mol. The summed E-state index contributed by atoms with van der Waals surface area (Å²) in [5.41, 5.74) is 4.54. The summed E-state index contributed by atoms with van der Waals surface area (Å²) in [5, 5.41) is 4.74. The predicted molar refractivity (Wildman–Crippen MR) is 120 cm³/mol. The Kier molecular flexibility index (Phi) is 5.35. The third-order valence-corrected chi connectivity index (χ3v) is 6.81. The number of benzene rings is 2. The molecule has 2 aromatic carbocycles. The maximum atomic E-state index is 13.2. The van der Waals surface area contributed by atoms with Gasteiger partial charge in [-0.3, -0.25) is 0 Å². The van der Waals surface area contributed by atoms with E-state index in [1.165, 1.54) is 16.0 Å². The Morgan fingerprint density at radius 1 is 1.17 bits per heavy atom. The van der Waals surface area contributed by atoms with Crippen molar-refractivity contribution in [2.75, 3.05) is 19.6 Å². The lowest BCUT2D eigenvalue weighted by atomic mass is 10.0. The highest BCUT2D eigenvalue weighted by Gasteiger charge is 2.28. The van der Waals surface area contributed by atoms with Gasteiger partial charge in [-0.25, -0.2) is 14.4 Å². The van der Waals surface area contributed by atoms with Crippen molar-refractivity contribution in [1.29, 1.82) is 0 Å². The summed E-state index contributed by atoms with van der Waals surface area (Å²) in [4.78, 5) is 13.7. The Hall–Kier alpha value is -2.57. The number of aryl methyl sites for hydroxylation is 2. The lowest BCUT2D eigenvalue weighted by molar-refractivity contribution is 0.282. The van der Waals surface area contributed by atoms with Crippen LogP contribution in [0.25, 0.3) is 0 Å². The molecule has 0 spiro atoms. The van der Waals surface area contributed by atoms with Crippen LogP contribution in [0.2, 0.25) is 0 Å². The van der Waals surface area contributed by atoms with Gasteiger partial charge in [-0.15, -0.1) is 11.3 Å². The number of hydrogen-bond acceptors (Lipinski definition) is 5. The van der Waals surface area contributed by atoms with Crippen molar-refractivity contribution in [2.24, 2.45) is 4.99 Å². The van der Waals surface area contributed by atoms with E-state index in [0.29, 0.717) is 6.04 Å². The average Bonchev–Trinajstić information content (AvgIpc) is 3.05. The average molecular weight is 421 g/mol. The van der Waals surface area contributed by atoms with Crippen LogP contribution in [0.3, 0.4) is 0 Å². The van der Waals surface area contributed by atoms with E-state index in [1.807, 2.05) is 12.1 Å². The van der Waals surface area contributed by atoms with E-state index in [0.717, 1.165) is 61.1 Å². The molecule has 4 nitrogen and oxygen atoms in total. The maximum absolute atomic E-state index is 13.2. The van der Waals surface area contributed by atoms with Gasteiger partial charge in [-0.05, 0) is 49.1 Å². The number of aliphatic imine (C=N–C) groups is 1. The molecule has 5 rings (SSSR count). The van der Waals surface area contributed by atoms with Crippen molar-refractivity contribution in [2.45, 2.75) is 32.2 Å². The van der Waals surface area contributed by atoms with Crippen molar-refractivity contribution < 1.29 is 4.39 Å². The molecule has 0 bridgehead atoms. The number of thiazole rings is 1. The highest BCUT2D eigenvalue weighted by Crippen LogP contribution is 2.32. The second kappa shape index (κ2) is 8.28. The molecule has 2 aliphatic heterocycles. The molecule has 0 radical (unpaired) electrons. The Morgan fingerprint density at radius 2 is 2.00 bits per heavy atom. The number of halogens is 1. The molecule has 0 amide bonds. The Labute approximate surface area is 180 Å². The molecule has 30 heavy (non-hydrogen) atoms. The number of nitrogens with one attached hydrogen (secondary N) is 1. The molecular weight excluding hydrogens is 395 g/mol. The molecule has 0 saturated carbocycles. The van der Waals surface area contributed by atoms with E-state index in [9.17, 15) is 4.39 Å². The lowest BCUT2D eigenvalue weighted by Crippen LogP contribution is -2.53. The molecule has 0 unspecified atom stereocenters. The third kappa shape index (κ3) is 4.02. The van der Waals surface area contributed by atoms with Gasteiger partial charge >= 0.3 is 0 Å². The maximum Gasteiger partial charge on any atom is 0.156 e.